The molecule has 3 aromatic rings. The van der Waals surface area contributed by atoms with Gasteiger partial charge in [0.05, 0.1) is 19.1 Å². The minimum atomic E-state index is -3.64. The summed E-state index contributed by atoms with van der Waals surface area (Å²) < 4.78 is 42.3. The molecule has 32 heavy (non-hydrogen) atoms. The van der Waals surface area contributed by atoms with Crippen LogP contribution in [0.15, 0.2) is 53.4 Å². The number of hydrogen-bond donors (Lipinski definition) is 1. The van der Waals surface area contributed by atoms with Crippen LogP contribution in [0.3, 0.4) is 0 Å². The Kier molecular flexibility index (Phi) is 7.04. The molecule has 2 aromatic carbocycles. The van der Waals surface area contributed by atoms with Gasteiger partial charge in [-0.1, -0.05) is 12.1 Å². The number of methoxy groups -OCH3 is 2. The highest BCUT2D eigenvalue weighted by atomic mass is 32.2. The lowest BCUT2D eigenvalue weighted by atomic mass is 10.1. The molecule has 1 aliphatic heterocycles. The van der Waals surface area contributed by atoms with Crippen molar-refractivity contribution < 1.29 is 17.9 Å². The van der Waals surface area contributed by atoms with Crippen molar-refractivity contribution in [3.05, 3.63) is 64.9 Å². The van der Waals surface area contributed by atoms with Gasteiger partial charge in [0.2, 0.25) is 0 Å². The lowest BCUT2D eigenvalue weighted by Gasteiger charge is -2.21. The number of aromatic nitrogens is 2. The molecule has 0 spiro atoms. The molecule has 0 bridgehead atoms. The fraction of sp³-hybridized carbons (Fsp3) is 0.364. The first-order chi connectivity index (χ1) is 15.5. The largest absolute Gasteiger partial charge is 0.497 e. The molecule has 0 radical (unpaired) electrons. The van der Waals surface area contributed by atoms with Gasteiger partial charge in [-0.2, -0.15) is 4.37 Å². The van der Waals surface area contributed by atoms with Gasteiger partial charge in [0.25, 0.3) is 10.0 Å². The van der Waals surface area contributed by atoms with Crippen molar-refractivity contribution in [2.75, 3.05) is 27.3 Å². The third kappa shape index (κ3) is 5.09. The lowest BCUT2D eigenvalue weighted by Crippen LogP contribution is -2.43. The topological polar surface area (TPSA) is 93.7 Å². The van der Waals surface area contributed by atoms with Gasteiger partial charge in [0.15, 0.2) is 0 Å². The maximum atomic E-state index is 13.0. The monoisotopic (exact) mass is 474 g/mol. The molecule has 1 unspecified atom stereocenters. The molecule has 1 atom stereocenters. The van der Waals surface area contributed by atoms with E-state index in [-0.39, 0.29) is 10.8 Å². The van der Waals surface area contributed by atoms with Crippen molar-refractivity contribution in [3.63, 3.8) is 0 Å². The Morgan fingerprint density at radius 1 is 1.12 bits per heavy atom. The standard InChI is InChI=1S/C22H26N4O4S2/c1-29-18-8-10-20(11-9-18)32(27,28)26-12-4-6-17(15-23-26)22-24-21(25-31-22)14-16-5-3-7-19(13-16)30-2/h3,5,7-11,13,17,23H,4,6,12,14-15H2,1-2H3. The van der Waals surface area contributed by atoms with Crippen molar-refractivity contribution in [1.29, 1.82) is 0 Å². The molecular formula is C22H26N4O4S2. The van der Waals surface area contributed by atoms with E-state index in [9.17, 15) is 8.42 Å². The Balaban J connectivity index is 1.42. The first-order valence-corrected chi connectivity index (χ1v) is 12.6. The third-order valence-electron chi connectivity index (χ3n) is 5.40. The second-order valence-electron chi connectivity index (χ2n) is 7.53. The van der Waals surface area contributed by atoms with Crippen LogP contribution < -0.4 is 14.9 Å². The van der Waals surface area contributed by atoms with Gasteiger partial charge in [0.1, 0.15) is 22.3 Å². The molecule has 1 saturated heterocycles. The van der Waals surface area contributed by atoms with Crippen LogP contribution in [-0.2, 0) is 16.4 Å². The number of hydrogen-bond acceptors (Lipinski definition) is 8. The summed E-state index contributed by atoms with van der Waals surface area (Å²) in [5, 5.41) is 0.930. The second kappa shape index (κ2) is 9.95. The van der Waals surface area contributed by atoms with Crippen LogP contribution in [0, 0.1) is 0 Å². The van der Waals surface area contributed by atoms with Gasteiger partial charge >= 0.3 is 0 Å². The lowest BCUT2D eigenvalue weighted by molar-refractivity contribution is 0.332. The summed E-state index contributed by atoms with van der Waals surface area (Å²) in [6.45, 7) is 0.892. The highest BCUT2D eigenvalue weighted by molar-refractivity contribution is 7.89. The van der Waals surface area contributed by atoms with Crippen molar-refractivity contribution in [3.8, 4) is 11.5 Å². The highest BCUT2D eigenvalue weighted by Crippen LogP contribution is 2.27. The summed E-state index contributed by atoms with van der Waals surface area (Å²) in [7, 11) is -0.436. The summed E-state index contributed by atoms with van der Waals surface area (Å²) in [6, 6.07) is 14.3. The number of hydrazine groups is 1. The minimum Gasteiger partial charge on any atom is -0.497 e. The van der Waals surface area contributed by atoms with E-state index in [1.54, 1.807) is 38.5 Å². The van der Waals surface area contributed by atoms with E-state index >= 15 is 0 Å². The van der Waals surface area contributed by atoms with E-state index < -0.39 is 10.0 Å². The Morgan fingerprint density at radius 2 is 1.91 bits per heavy atom. The molecule has 10 heteroatoms. The van der Waals surface area contributed by atoms with Gasteiger partial charge in [-0.3, -0.25) is 0 Å². The van der Waals surface area contributed by atoms with E-state index in [0.717, 1.165) is 35.0 Å². The zero-order chi connectivity index (χ0) is 22.6. The Morgan fingerprint density at radius 3 is 2.66 bits per heavy atom. The van der Waals surface area contributed by atoms with Crippen LogP contribution in [0.1, 0.15) is 35.2 Å². The highest BCUT2D eigenvalue weighted by Gasteiger charge is 2.29. The van der Waals surface area contributed by atoms with Crippen LogP contribution in [0.4, 0.5) is 0 Å². The van der Waals surface area contributed by atoms with Gasteiger partial charge in [0, 0.05) is 25.4 Å². The molecule has 0 aliphatic carbocycles. The van der Waals surface area contributed by atoms with E-state index in [1.807, 2.05) is 24.3 Å². The van der Waals surface area contributed by atoms with Crippen molar-refractivity contribution >= 4 is 21.6 Å². The number of sulfonamides is 1. The quantitative estimate of drug-likeness (QED) is 0.562. The van der Waals surface area contributed by atoms with Gasteiger partial charge in [-0.25, -0.2) is 18.8 Å². The number of nitrogens with one attached hydrogen (secondary N) is 1. The van der Waals surface area contributed by atoms with Crippen molar-refractivity contribution in [1.82, 2.24) is 19.2 Å². The molecule has 2 heterocycles. The molecule has 1 aromatic heterocycles. The van der Waals surface area contributed by atoms with Gasteiger partial charge in [-0.15, -0.1) is 4.41 Å². The molecule has 1 aliphatic rings. The van der Waals surface area contributed by atoms with Crippen molar-refractivity contribution in [2.45, 2.75) is 30.1 Å². The summed E-state index contributed by atoms with van der Waals surface area (Å²) in [6.07, 6.45) is 2.21. The molecule has 4 rings (SSSR count). The van der Waals surface area contributed by atoms with Crippen LogP contribution >= 0.6 is 11.5 Å². The SMILES string of the molecule is COc1ccc(S(=O)(=O)N2CCCC(c3nc(Cc4cccc(OC)c4)ns3)CN2)cc1. The molecule has 170 valence electrons. The summed E-state index contributed by atoms with van der Waals surface area (Å²) >= 11 is 1.39. The van der Waals surface area contributed by atoms with Gasteiger partial charge < -0.3 is 9.47 Å². The van der Waals surface area contributed by atoms with Crippen LogP contribution in [0.5, 0.6) is 11.5 Å². The first kappa shape index (κ1) is 22.7. The molecule has 1 fully saturated rings. The Hall–Kier alpha value is -2.53. The Labute approximate surface area is 192 Å². The number of rotatable bonds is 7. The normalized spacial score (nSPS) is 17.6. The number of benzene rings is 2. The maximum absolute atomic E-state index is 13.0. The fourth-order valence-corrected chi connectivity index (χ4v) is 5.78. The zero-order valence-corrected chi connectivity index (χ0v) is 19.7. The summed E-state index contributed by atoms with van der Waals surface area (Å²) in [5.74, 6) is 2.31. The van der Waals surface area contributed by atoms with E-state index in [1.165, 1.54) is 15.9 Å². The first-order valence-electron chi connectivity index (χ1n) is 10.4. The minimum absolute atomic E-state index is 0.114. The van der Waals surface area contributed by atoms with E-state index in [4.69, 9.17) is 14.5 Å². The predicted octanol–water partition coefficient (Wildman–Crippen LogP) is 3.22. The average Bonchev–Trinajstić information content (AvgIpc) is 3.12. The molecule has 0 amide bonds. The van der Waals surface area contributed by atoms with Crippen LogP contribution in [0.25, 0.3) is 0 Å². The van der Waals surface area contributed by atoms with Crippen molar-refractivity contribution in [2.24, 2.45) is 0 Å². The average molecular weight is 475 g/mol. The number of nitrogens with zero attached hydrogens (tertiary/aromatic N) is 3. The van der Waals surface area contributed by atoms with Gasteiger partial charge in [-0.05, 0) is 66.3 Å². The smallest absolute Gasteiger partial charge is 0.255 e. The van der Waals surface area contributed by atoms with E-state index in [2.05, 4.69) is 9.80 Å². The summed E-state index contributed by atoms with van der Waals surface area (Å²) in [5.41, 5.74) is 4.20. The molecule has 8 nitrogen and oxygen atoms in total. The molecule has 1 N–H and O–H groups in total. The third-order valence-corrected chi connectivity index (χ3v) is 8.08. The molecular weight excluding hydrogens is 448 g/mol. The van der Waals surface area contributed by atoms with E-state index in [0.29, 0.717) is 25.3 Å². The fourth-order valence-electron chi connectivity index (χ4n) is 3.64. The van der Waals surface area contributed by atoms with Crippen LogP contribution in [-0.4, -0.2) is 49.5 Å². The molecule has 0 saturated carbocycles. The zero-order valence-electron chi connectivity index (χ0n) is 18.0. The van der Waals surface area contributed by atoms with Crippen LogP contribution in [0.2, 0.25) is 0 Å². The Bertz CT molecular complexity index is 1150. The summed E-state index contributed by atoms with van der Waals surface area (Å²) in [4.78, 5) is 4.97. The maximum Gasteiger partial charge on any atom is 0.255 e. The predicted molar refractivity (Wildman–Crippen MR) is 123 cm³/mol. The number of ether oxygens (including phenoxy) is 2. The second-order valence-corrected chi connectivity index (χ2v) is 10.2.